The highest BCUT2D eigenvalue weighted by atomic mass is 16.5. The molecule has 1 saturated heterocycles. The number of hydrogen-bond donors (Lipinski definition) is 2. The number of carbonyl (C=O) groups excluding carboxylic acids is 1. The van der Waals surface area contributed by atoms with E-state index in [2.05, 4.69) is 39.6 Å². The van der Waals surface area contributed by atoms with Crippen LogP contribution >= 0.6 is 0 Å². The van der Waals surface area contributed by atoms with Crippen LogP contribution in [0.1, 0.15) is 18.5 Å². The van der Waals surface area contributed by atoms with E-state index in [0.29, 0.717) is 19.1 Å². The monoisotopic (exact) mass is 343 g/mol. The first-order valence-corrected chi connectivity index (χ1v) is 8.65. The number of hydrogen-bond acceptors (Lipinski definition) is 4. The lowest BCUT2D eigenvalue weighted by molar-refractivity contribution is 0.0198. The number of rotatable bonds is 6. The van der Waals surface area contributed by atoms with Gasteiger partial charge in [0.15, 0.2) is 0 Å². The van der Waals surface area contributed by atoms with Gasteiger partial charge in [0.1, 0.15) is 0 Å². The molecule has 1 fully saturated rings. The lowest BCUT2D eigenvalue weighted by Crippen LogP contribution is -2.38. The zero-order chi connectivity index (χ0) is 17.5. The standard InChI is InChI=1S/C18H25N5O2/c1-15(23-10-12-25-13-11-23)16-2-4-17(5-3-16)21-18(24)20-7-9-22-8-6-19-14-22/h2-6,8,14-15H,7,9-13H2,1H3,(H2,20,21,24). The van der Waals surface area contributed by atoms with Gasteiger partial charge in [0.05, 0.1) is 19.5 Å². The SMILES string of the molecule is CC(c1ccc(NC(=O)NCCn2ccnc2)cc1)N1CCOCC1. The van der Waals surface area contributed by atoms with Crippen molar-refractivity contribution in [2.75, 3.05) is 38.2 Å². The molecular weight excluding hydrogens is 318 g/mol. The van der Waals surface area contributed by atoms with Crippen LogP contribution in [-0.4, -0.2) is 53.3 Å². The number of ether oxygens (including phenoxy) is 1. The third-order valence-electron chi connectivity index (χ3n) is 4.46. The first-order chi connectivity index (χ1) is 12.2. The van der Waals surface area contributed by atoms with Crippen molar-refractivity contribution in [2.24, 2.45) is 0 Å². The van der Waals surface area contributed by atoms with E-state index in [0.717, 1.165) is 32.0 Å². The summed E-state index contributed by atoms with van der Waals surface area (Å²) in [5.74, 6) is 0. The number of aromatic nitrogens is 2. The summed E-state index contributed by atoms with van der Waals surface area (Å²) < 4.78 is 7.32. The molecule has 0 saturated carbocycles. The van der Waals surface area contributed by atoms with Crippen molar-refractivity contribution in [1.29, 1.82) is 0 Å². The largest absolute Gasteiger partial charge is 0.379 e. The maximum Gasteiger partial charge on any atom is 0.319 e. The number of urea groups is 1. The van der Waals surface area contributed by atoms with Gasteiger partial charge in [-0.1, -0.05) is 12.1 Å². The van der Waals surface area contributed by atoms with E-state index < -0.39 is 0 Å². The Morgan fingerprint density at radius 2 is 2.04 bits per heavy atom. The van der Waals surface area contributed by atoms with Crippen LogP contribution in [0.3, 0.4) is 0 Å². The number of imidazole rings is 1. The molecule has 7 nitrogen and oxygen atoms in total. The second-order valence-corrected chi connectivity index (χ2v) is 6.13. The number of morpholine rings is 1. The lowest BCUT2D eigenvalue weighted by atomic mass is 10.1. The fraction of sp³-hybridized carbons (Fsp3) is 0.444. The van der Waals surface area contributed by atoms with Crippen LogP contribution in [0.2, 0.25) is 0 Å². The van der Waals surface area contributed by atoms with Gasteiger partial charge < -0.3 is 19.9 Å². The molecule has 25 heavy (non-hydrogen) atoms. The van der Waals surface area contributed by atoms with Gasteiger partial charge in [-0.2, -0.15) is 0 Å². The molecule has 1 aliphatic rings. The summed E-state index contributed by atoms with van der Waals surface area (Å²) in [6.45, 7) is 6.96. The topological polar surface area (TPSA) is 71.4 Å². The normalized spacial score (nSPS) is 16.4. The second-order valence-electron chi connectivity index (χ2n) is 6.13. The summed E-state index contributed by atoms with van der Waals surface area (Å²) in [5.41, 5.74) is 2.03. The van der Waals surface area contributed by atoms with Crippen LogP contribution in [0.5, 0.6) is 0 Å². The van der Waals surface area contributed by atoms with E-state index in [-0.39, 0.29) is 6.03 Å². The van der Waals surface area contributed by atoms with Crippen molar-refractivity contribution < 1.29 is 9.53 Å². The van der Waals surface area contributed by atoms with Crippen LogP contribution in [0.4, 0.5) is 10.5 Å². The van der Waals surface area contributed by atoms with E-state index in [1.165, 1.54) is 5.56 Å². The highest BCUT2D eigenvalue weighted by molar-refractivity contribution is 5.89. The van der Waals surface area contributed by atoms with Crippen molar-refractivity contribution in [3.8, 4) is 0 Å². The van der Waals surface area contributed by atoms with E-state index in [1.54, 1.807) is 12.5 Å². The Morgan fingerprint density at radius 3 is 2.72 bits per heavy atom. The highest BCUT2D eigenvalue weighted by Crippen LogP contribution is 2.22. The molecule has 1 unspecified atom stereocenters. The van der Waals surface area contributed by atoms with Crippen molar-refractivity contribution >= 4 is 11.7 Å². The fourth-order valence-corrected chi connectivity index (χ4v) is 2.91. The van der Waals surface area contributed by atoms with Gasteiger partial charge in [0, 0.05) is 50.3 Å². The molecule has 0 bridgehead atoms. The van der Waals surface area contributed by atoms with Crippen LogP contribution < -0.4 is 10.6 Å². The van der Waals surface area contributed by atoms with E-state index >= 15 is 0 Å². The molecule has 1 atom stereocenters. The quantitative estimate of drug-likeness (QED) is 0.843. The Labute approximate surface area is 148 Å². The predicted molar refractivity (Wildman–Crippen MR) is 96.5 cm³/mol. The Hall–Kier alpha value is -2.38. The minimum atomic E-state index is -0.200. The summed E-state index contributed by atoms with van der Waals surface area (Å²) >= 11 is 0. The third kappa shape index (κ3) is 5.04. The molecule has 2 heterocycles. The summed E-state index contributed by atoms with van der Waals surface area (Å²) in [4.78, 5) is 18.3. The Balaban J connectivity index is 1.45. The minimum Gasteiger partial charge on any atom is -0.379 e. The molecule has 2 amide bonds. The Morgan fingerprint density at radius 1 is 1.28 bits per heavy atom. The summed E-state index contributed by atoms with van der Waals surface area (Å²) in [6.07, 6.45) is 5.32. The molecule has 1 aromatic heterocycles. The zero-order valence-electron chi connectivity index (χ0n) is 14.5. The molecule has 2 aromatic rings. The Kier molecular flexibility index (Phi) is 6.03. The molecular formula is C18H25N5O2. The van der Waals surface area contributed by atoms with Gasteiger partial charge in [-0.3, -0.25) is 4.90 Å². The first kappa shape index (κ1) is 17.4. The predicted octanol–water partition coefficient (Wildman–Crippen LogP) is 2.10. The Bertz CT molecular complexity index is 651. The zero-order valence-corrected chi connectivity index (χ0v) is 14.5. The number of benzene rings is 1. The average Bonchev–Trinajstić information content (AvgIpc) is 3.16. The molecule has 7 heteroatoms. The highest BCUT2D eigenvalue weighted by Gasteiger charge is 2.18. The van der Waals surface area contributed by atoms with Gasteiger partial charge in [0.25, 0.3) is 0 Å². The van der Waals surface area contributed by atoms with Gasteiger partial charge in [0.2, 0.25) is 0 Å². The molecule has 134 valence electrons. The van der Waals surface area contributed by atoms with Crippen LogP contribution in [-0.2, 0) is 11.3 Å². The molecule has 0 radical (unpaired) electrons. The number of nitrogens with zero attached hydrogens (tertiary/aromatic N) is 3. The van der Waals surface area contributed by atoms with Crippen LogP contribution in [0, 0.1) is 0 Å². The summed E-state index contributed by atoms with van der Waals surface area (Å²) in [6, 6.07) is 8.18. The van der Waals surface area contributed by atoms with Crippen molar-refractivity contribution in [1.82, 2.24) is 19.8 Å². The number of carbonyl (C=O) groups is 1. The second kappa shape index (κ2) is 8.64. The van der Waals surface area contributed by atoms with Crippen LogP contribution in [0.15, 0.2) is 43.0 Å². The molecule has 1 aromatic carbocycles. The molecule has 0 aliphatic carbocycles. The maximum absolute atomic E-state index is 11.9. The number of amides is 2. The van der Waals surface area contributed by atoms with Crippen molar-refractivity contribution in [3.05, 3.63) is 48.5 Å². The lowest BCUT2D eigenvalue weighted by Gasteiger charge is -2.32. The van der Waals surface area contributed by atoms with E-state index in [4.69, 9.17) is 4.74 Å². The van der Waals surface area contributed by atoms with Gasteiger partial charge in [-0.25, -0.2) is 9.78 Å². The van der Waals surface area contributed by atoms with Crippen molar-refractivity contribution in [3.63, 3.8) is 0 Å². The molecule has 3 rings (SSSR count). The summed E-state index contributed by atoms with van der Waals surface area (Å²) in [7, 11) is 0. The maximum atomic E-state index is 11.9. The van der Waals surface area contributed by atoms with Crippen LogP contribution in [0.25, 0.3) is 0 Å². The smallest absolute Gasteiger partial charge is 0.319 e. The van der Waals surface area contributed by atoms with Gasteiger partial charge in [-0.05, 0) is 24.6 Å². The van der Waals surface area contributed by atoms with E-state index in [9.17, 15) is 4.79 Å². The van der Waals surface area contributed by atoms with Crippen molar-refractivity contribution in [2.45, 2.75) is 19.5 Å². The van der Waals surface area contributed by atoms with E-state index in [1.807, 2.05) is 22.9 Å². The molecule has 1 aliphatic heterocycles. The molecule has 2 N–H and O–H groups in total. The summed E-state index contributed by atoms with van der Waals surface area (Å²) in [5, 5.41) is 5.70. The molecule has 0 spiro atoms. The third-order valence-corrected chi connectivity index (χ3v) is 4.46. The average molecular weight is 343 g/mol. The first-order valence-electron chi connectivity index (χ1n) is 8.65. The minimum absolute atomic E-state index is 0.200. The number of nitrogens with one attached hydrogen (secondary N) is 2. The fourth-order valence-electron chi connectivity index (χ4n) is 2.91. The van der Waals surface area contributed by atoms with Gasteiger partial charge >= 0.3 is 6.03 Å². The van der Waals surface area contributed by atoms with Gasteiger partial charge in [-0.15, -0.1) is 0 Å². The number of anilines is 1.